The summed E-state index contributed by atoms with van der Waals surface area (Å²) in [5, 5.41) is 4.18. The molecule has 13 nitrogen and oxygen atoms in total. The van der Waals surface area contributed by atoms with Crippen molar-refractivity contribution in [3.63, 3.8) is 0 Å². The number of amides is 3. The molecule has 38 heavy (non-hydrogen) atoms. The second-order valence-corrected chi connectivity index (χ2v) is 9.01. The van der Waals surface area contributed by atoms with Crippen molar-refractivity contribution in [3.05, 3.63) is 59.3 Å². The van der Waals surface area contributed by atoms with E-state index < -0.39 is 0 Å². The van der Waals surface area contributed by atoms with Crippen molar-refractivity contribution in [1.82, 2.24) is 24.8 Å². The van der Waals surface area contributed by atoms with Crippen molar-refractivity contribution in [2.75, 3.05) is 39.9 Å². The van der Waals surface area contributed by atoms with Crippen LogP contribution in [0.5, 0.6) is 0 Å². The third-order valence-electron chi connectivity index (χ3n) is 6.78. The zero-order valence-electron chi connectivity index (χ0n) is 20.9. The normalized spacial score (nSPS) is 20.1. The lowest BCUT2D eigenvalue weighted by Gasteiger charge is -2.35. The molecule has 4 aliphatic heterocycles. The van der Waals surface area contributed by atoms with Crippen LogP contribution in [0.25, 0.3) is 11.4 Å². The lowest BCUT2D eigenvalue weighted by atomic mass is 9.97. The van der Waals surface area contributed by atoms with Gasteiger partial charge in [-0.1, -0.05) is 17.3 Å². The standard InChI is InChI=1S/C24H24N6O5.CH3NO/c1-14-3-4-15(21-26-22(35-27-21)16-12-28(13-16)23(31)33-2)9-18(14)19-11-25-20-10-17(5-6-30(19)20)29-7-8-34-24(29)32;2-1-3/h3-6,9-10,16,19H,7-8,11-13H2,1-2H3;1H,(H2,2,3). The van der Waals surface area contributed by atoms with Gasteiger partial charge in [-0.25, -0.2) is 9.59 Å². The molecule has 198 valence electrons. The summed E-state index contributed by atoms with van der Waals surface area (Å²) in [4.78, 5) is 46.7. The molecule has 0 bridgehead atoms. The van der Waals surface area contributed by atoms with Gasteiger partial charge in [-0.15, -0.1) is 0 Å². The zero-order valence-corrected chi connectivity index (χ0v) is 20.9. The number of benzene rings is 1. The van der Waals surface area contributed by atoms with Crippen LogP contribution in [0, 0.1) is 6.92 Å². The molecule has 2 N–H and O–H groups in total. The van der Waals surface area contributed by atoms with Gasteiger partial charge < -0.3 is 29.5 Å². The van der Waals surface area contributed by atoms with Crippen molar-refractivity contribution in [1.29, 1.82) is 0 Å². The average molecular weight is 522 g/mol. The van der Waals surface area contributed by atoms with Crippen LogP contribution < -0.4 is 5.73 Å². The smallest absolute Gasteiger partial charge is 0.414 e. The van der Waals surface area contributed by atoms with Gasteiger partial charge in [0, 0.05) is 30.9 Å². The SMILES string of the molecule is COC(=O)N1CC(c2nc(-c3ccc(C)c(C4CN=C5C=C(N6CCOC6=O)C=CN54)c3)no2)C1.NC=O. The van der Waals surface area contributed by atoms with E-state index in [1.165, 1.54) is 7.11 Å². The number of primary amides is 1. The Morgan fingerprint density at radius 3 is 2.79 bits per heavy atom. The fourth-order valence-electron chi connectivity index (χ4n) is 4.76. The minimum Gasteiger partial charge on any atom is -0.453 e. The summed E-state index contributed by atoms with van der Waals surface area (Å²) < 4.78 is 15.3. The van der Waals surface area contributed by atoms with Crippen molar-refractivity contribution in [2.45, 2.75) is 18.9 Å². The molecule has 3 amide bonds. The largest absolute Gasteiger partial charge is 0.453 e. The van der Waals surface area contributed by atoms with Crippen LogP contribution in [-0.4, -0.2) is 89.2 Å². The first-order valence-corrected chi connectivity index (χ1v) is 12.0. The summed E-state index contributed by atoms with van der Waals surface area (Å²) in [6, 6.07) is 6.14. The number of nitrogens with two attached hydrogens (primary N) is 1. The van der Waals surface area contributed by atoms with Gasteiger partial charge in [0.2, 0.25) is 18.1 Å². The highest BCUT2D eigenvalue weighted by molar-refractivity contribution is 5.98. The van der Waals surface area contributed by atoms with Crippen molar-refractivity contribution in [3.8, 4) is 11.4 Å². The van der Waals surface area contributed by atoms with Gasteiger partial charge in [0.15, 0.2) is 0 Å². The van der Waals surface area contributed by atoms with Gasteiger partial charge in [0.1, 0.15) is 12.4 Å². The van der Waals surface area contributed by atoms with Crippen molar-refractivity contribution in [2.24, 2.45) is 10.7 Å². The van der Waals surface area contributed by atoms with Crippen LogP contribution >= 0.6 is 0 Å². The number of nitrogens with zero attached hydrogens (tertiary/aromatic N) is 6. The fraction of sp³-hybridized carbons (Fsp3) is 0.360. The summed E-state index contributed by atoms with van der Waals surface area (Å²) >= 11 is 0. The lowest BCUT2D eigenvalue weighted by Crippen LogP contribution is -2.48. The zero-order chi connectivity index (χ0) is 26.8. The summed E-state index contributed by atoms with van der Waals surface area (Å²) in [5.74, 6) is 1.86. The molecule has 0 aliphatic carbocycles. The van der Waals surface area contributed by atoms with E-state index >= 15 is 0 Å². The fourth-order valence-corrected chi connectivity index (χ4v) is 4.76. The van der Waals surface area contributed by atoms with E-state index in [0.717, 1.165) is 28.2 Å². The Bertz CT molecular complexity index is 1340. The van der Waals surface area contributed by atoms with Crippen molar-refractivity contribution >= 4 is 24.4 Å². The van der Waals surface area contributed by atoms with E-state index in [1.807, 2.05) is 24.4 Å². The van der Waals surface area contributed by atoms with Gasteiger partial charge in [-0.3, -0.25) is 14.7 Å². The molecule has 5 heterocycles. The molecule has 2 saturated heterocycles. The first-order valence-electron chi connectivity index (χ1n) is 12.0. The highest BCUT2D eigenvalue weighted by atomic mass is 16.6. The number of fused-ring (bicyclic) bond motifs is 1. The number of allylic oxidation sites excluding steroid dienone is 1. The molecule has 1 aromatic carbocycles. The molecule has 0 spiro atoms. The molecule has 0 radical (unpaired) electrons. The van der Waals surface area contributed by atoms with Crippen LogP contribution in [0.2, 0.25) is 0 Å². The molecule has 0 saturated carbocycles. The van der Waals surface area contributed by atoms with Crippen molar-refractivity contribution < 1.29 is 28.4 Å². The highest BCUT2D eigenvalue weighted by Crippen LogP contribution is 2.35. The number of carbonyl (C=O) groups is 3. The minimum atomic E-state index is -0.351. The minimum absolute atomic E-state index is 0.0124. The van der Waals surface area contributed by atoms with E-state index in [1.54, 1.807) is 9.80 Å². The molecule has 1 atom stereocenters. The number of amidine groups is 1. The lowest BCUT2D eigenvalue weighted by molar-refractivity contribution is -0.106. The third kappa shape index (κ3) is 4.58. The van der Waals surface area contributed by atoms with Crippen LogP contribution in [0.15, 0.2) is 51.8 Å². The van der Waals surface area contributed by atoms with E-state index in [9.17, 15) is 9.59 Å². The Labute approximate surface area is 218 Å². The molecule has 6 rings (SSSR count). The molecule has 1 unspecified atom stereocenters. The van der Waals surface area contributed by atoms with Gasteiger partial charge in [-0.2, -0.15) is 4.98 Å². The van der Waals surface area contributed by atoms with Gasteiger partial charge in [-0.05, 0) is 30.2 Å². The summed E-state index contributed by atoms with van der Waals surface area (Å²) in [7, 11) is 1.37. The molecular formula is C25H27N7O6. The Balaban J connectivity index is 0.000000937. The van der Waals surface area contributed by atoms with E-state index in [2.05, 4.69) is 39.8 Å². The molecule has 4 aliphatic rings. The van der Waals surface area contributed by atoms with Crippen LogP contribution in [0.3, 0.4) is 0 Å². The maximum atomic E-state index is 11.9. The number of cyclic esters (lactones) is 1. The monoisotopic (exact) mass is 521 g/mol. The van der Waals surface area contributed by atoms with Gasteiger partial charge >= 0.3 is 12.2 Å². The number of methoxy groups -OCH3 is 1. The van der Waals surface area contributed by atoms with E-state index in [4.69, 9.17) is 23.8 Å². The quantitative estimate of drug-likeness (QED) is 0.594. The number of aliphatic imine (C=N–C) groups is 1. The molecule has 1 aromatic heterocycles. The summed E-state index contributed by atoms with van der Waals surface area (Å²) in [6.45, 7) is 4.62. The van der Waals surface area contributed by atoms with Crippen LogP contribution in [0.4, 0.5) is 9.59 Å². The van der Waals surface area contributed by atoms with Gasteiger partial charge in [0.05, 0.1) is 37.9 Å². The van der Waals surface area contributed by atoms with Crippen LogP contribution in [-0.2, 0) is 14.3 Å². The highest BCUT2D eigenvalue weighted by Gasteiger charge is 2.37. The van der Waals surface area contributed by atoms with E-state index in [0.29, 0.717) is 44.5 Å². The maximum absolute atomic E-state index is 11.9. The Morgan fingerprint density at radius 1 is 1.29 bits per heavy atom. The average Bonchev–Trinajstić information content (AvgIpc) is 3.63. The number of hydrogen-bond acceptors (Lipinski definition) is 10. The van der Waals surface area contributed by atoms with Gasteiger partial charge in [0.25, 0.3) is 0 Å². The second kappa shape index (κ2) is 10.4. The van der Waals surface area contributed by atoms with Crippen LogP contribution in [0.1, 0.15) is 29.0 Å². The number of aromatic nitrogens is 2. The first kappa shape index (κ1) is 25.0. The third-order valence-corrected chi connectivity index (χ3v) is 6.78. The Kier molecular flexibility index (Phi) is 6.81. The molecule has 2 fully saturated rings. The number of ether oxygens (including phenoxy) is 2. The number of aryl methyl sites for hydroxylation is 1. The second-order valence-electron chi connectivity index (χ2n) is 9.01. The predicted octanol–water partition coefficient (Wildman–Crippen LogP) is 1.93. The number of carbonyl (C=O) groups excluding carboxylic acids is 3. The summed E-state index contributed by atoms with van der Waals surface area (Å²) in [5.41, 5.74) is 8.07. The maximum Gasteiger partial charge on any atom is 0.414 e. The summed E-state index contributed by atoms with van der Waals surface area (Å²) in [6.07, 6.45) is 5.39. The Hall–Kier alpha value is -4.68. The topological polar surface area (TPSA) is 157 Å². The Morgan fingerprint density at radius 2 is 2.08 bits per heavy atom. The molecule has 13 heteroatoms. The number of rotatable bonds is 4. The number of likely N-dealkylation sites (tertiary alicyclic amines) is 1. The van der Waals surface area contributed by atoms with E-state index in [-0.39, 0.29) is 30.6 Å². The molecular weight excluding hydrogens is 494 g/mol. The first-order chi connectivity index (χ1) is 18.4. The molecule has 2 aromatic rings. The predicted molar refractivity (Wildman–Crippen MR) is 134 cm³/mol. The number of hydrogen-bond donors (Lipinski definition) is 1.